The summed E-state index contributed by atoms with van der Waals surface area (Å²) in [6.45, 7) is 0. The van der Waals surface area contributed by atoms with Gasteiger partial charge in [-0.15, -0.1) is 28.3 Å². The number of nitrogens with one attached hydrogen (secondary N) is 1. The topological polar surface area (TPSA) is 24.9 Å². The van der Waals surface area contributed by atoms with Crippen LogP contribution in [0.3, 0.4) is 0 Å². The van der Waals surface area contributed by atoms with Crippen LogP contribution < -0.4 is 5.32 Å². The summed E-state index contributed by atoms with van der Waals surface area (Å²) in [4.78, 5) is 4.39. The fraction of sp³-hybridized carbons (Fsp3) is 0.0625. The Labute approximate surface area is 145 Å². The zero-order chi connectivity index (χ0) is 15.6. The van der Waals surface area contributed by atoms with E-state index in [-0.39, 0.29) is 17.0 Å². The molecule has 7 heteroatoms. The second-order valence-corrected chi connectivity index (χ2v) is 5.47. The lowest BCUT2D eigenvalue weighted by Gasteiger charge is -2.08. The number of aromatic nitrogens is 1. The predicted octanol–water partition coefficient (Wildman–Crippen LogP) is 6.15. The van der Waals surface area contributed by atoms with Gasteiger partial charge in [-0.2, -0.15) is 13.2 Å². The Kier molecular flexibility index (Phi) is 5.43. The fourth-order valence-corrected chi connectivity index (χ4v) is 2.71. The number of rotatable bonds is 3. The smallest absolute Gasteiger partial charge is 0.332 e. The summed E-state index contributed by atoms with van der Waals surface area (Å²) in [5.74, 6) is 0. The highest BCUT2D eigenvalue weighted by Gasteiger charge is 2.30. The van der Waals surface area contributed by atoms with E-state index < -0.39 is 11.7 Å². The highest BCUT2D eigenvalue weighted by molar-refractivity contribution is 8.93. The van der Waals surface area contributed by atoms with E-state index in [2.05, 4.69) is 10.3 Å². The van der Waals surface area contributed by atoms with Crippen molar-refractivity contribution in [2.75, 3.05) is 5.32 Å². The summed E-state index contributed by atoms with van der Waals surface area (Å²) in [5.41, 5.74) is 1.44. The van der Waals surface area contributed by atoms with Crippen LogP contribution in [0.5, 0.6) is 0 Å². The summed E-state index contributed by atoms with van der Waals surface area (Å²) in [6.07, 6.45) is -4.35. The molecule has 0 unspecified atom stereocenters. The molecular formula is C16H12BrF3N2S. The van der Waals surface area contributed by atoms with Crippen molar-refractivity contribution in [1.82, 2.24) is 4.98 Å². The van der Waals surface area contributed by atoms with Crippen LogP contribution in [0.4, 0.5) is 24.0 Å². The van der Waals surface area contributed by atoms with E-state index in [9.17, 15) is 13.2 Å². The normalized spacial score (nSPS) is 10.9. The SMILES string of the molecule is Br.FC(F)(F)c1cccc(Nc2nc(-c3ccccc3)cs2)c1. The van der Waals surface area contributed by atoms with Crippen molar-refractivity contribution in [3.05, 3.63) is 65.5 Å². The van der Waals surface area contributed by atoms with Gasteiger partial charge >= 0.3 is 6.18 Å². The minimum atomic E-state index is -4.35. The number of alkyl halides is 3. The van der Waals surface area contributed by atoms with Crippen LogP contribution in [-0.2, 0) is 6.18 Å². The molecule has 23 heavy (non-hydrogen) atoms. The van der Waals surface area contributed by atoms with Gasteiger partial charge in [0.1, 0.15) is 0 Å². The van der Waals surface area contributed by atoms with Gasteiger partial charge in [-0.1, -0.05) is 36.4 Å². The van der Waals surface area contributed by atoms with E-state index in [0.29, 0.717) is 10.8 Å². The molecule has 120 valence electrons. The van der Waals surface area contributed by atoms with E-state index in [0.717, 1.165) is 23.4 Å². The molecule has 0 radical (unpaired) electrons. The first kappa shape index (κ1) is 17.5. The van der Waals surface area contributed by atoms with Crippen LogP contribution in [0.1, 0.15) is 5.56 Å². The first-order chi connectivity index (χ1) is 10.5. The van der Waals surface area contributed by atoms with Crippen LogP contribution in [0.2, 0.25) is 0 Å². The maximum atomic E-state index is 12.7. The molecule has 2 aromatic carbocycles. The largest absolute Gasteiger partial charge is 0.416 e. The van der Waals surface area contributed by atoms with Gasteiger partial charge in [-0.05, 0) is 18.2 Å². The van der Waals surface area contributed by atoms with Crippen LogP contribution in [0.25, 0.3) is 11.3 Å². The van der Waals surface area contributed by atoms with Gasteiger partial charge in [0.05, 0.1) is 11.3 Å². The standard InChI is InChI=1S/C16H11F3N2S.BrH/c17-16(18,19)12-7-4-8-13(9-12)20-15-21-14(10-22-15)11-5-2-1-3-6-11;/h1-10H,(H,20,21);1H. The quantitative estimate of drug-likeness (QED) is 0.570. The molecule has 2 nitrogen and oxygen atoms in total. The lowest BCUT2D eigenvalue weighted by molar-refractivity contribution is -0.137. The third-order valence-corrected chi connectivity index (χ3v) is 3.77. The van der Waals surface area contributed by atoms with Crippen molar-refractivity contribution >= 4 is 39.1 Å². The van der Waals surface area contributed by atoms with Crippen molar-refractivity contribution in [2.24, 2.45) is 0 Å². The molecule has 0 aliphatic carbocycles. The summed E-state index contributed by atoms with van der Waals surface area (Å²) in [7, 11) is 0. The number of anilines is 2. The molecule has 0 saturated carbocycles. The van der Waals surface area contributed by atoms with E-state index >= 15 is 0 Å². The summed E-state index contributed by atoms with van der Waals surface area (Å²) >= 11 is 1.35. The van der Waals surface area contributed by atoms with E-state index in [1.165, 1.54) is 17.4 Å². The molecule has 1 aromatic heterocycles. The van der Waals surface area contributed by atoms with Gasteiger partial charge in [0.15, 0.2) is 5.13 Å². The number of hydrogen-bond donors (Lipinski definition) is 1. The molecule has 0 atom stereocenters. The zero-order valence-electron chi connectivity index (χ0n) is 11.7. The molecule has 0 saturated heterocycles. The maximum absolute atomic E-state index is 12.7. The fourth-order valence-electron chi connectivity index (χ4n) is 1.97. The zero-order valence-corrected chi connectivity index (χ0v) is 14.2. The summed E-state index contributed by atoms with van der Waals surface area (Å²) in [5, 5.41) is 5.33. The third-order valence-electron chi connectivity index (χ3n) is 3.01. The lowest BCUT2D eigenvalue weighted by Crippen LogP contribution is -2.05. The van der Waals surface area contributed by atoms with Gasteiger partial charge < -0.3 is 5.32 Å². The second-order valence-electron chi connectivity index (χ2n) is 4.61. The number of benzene rings is 2. The maximum Gasteiger partial charge on any atom is 0.416 e. The molecule has 0 spiro atoms. The lowest BCUT2D eigenvalue weighted by atomic mass is 10.2. The Morgan fingerprint density at radius 3 is 2.39 bits per heavy atom. The summed E-state index contributed by atoms with van der Waals surface area (Å²) < 4.78 is 38.1. The minimum absolute atomic E-state index is 0. The van der Waals surface area contributed by atoms with Crippen molar-refractivity contribution in [2.45, 2.75) is 6.18 Å². The number of thiazole rings is 1. The van der Waals surface area contributed by atoms with E-state index in [1.54, 1.807) is 6.07 Å². The van der Waals surface area contributed by atoms with Gasteiger partial charge in [-0.3, -0.25) is 0 Å². The first-order valence-corrected chi connectivity index (χ1v) is 7.35. The van der Waals surface area contributed by atoms with Gasteiger partial charge in [0.2, 0.25) is 0 Å². The van der Waals surface area contributed by atoms with Gasteiger partial charge in [0.25, 0.3) is 0 Å². The number of hydrogen-bond acceptors (Lipinski definition) is 3. The van der Waals surface area contributed by atoms with Crippen molar-refractivity contribution in [1.29, 1.82) is 0 Å². The Hall–Kier alpha value is -1.86. The van der Waals surface area contributed by atoms with Gasteiger partial charge in [0, 0.05) is 16.6 Å². The Morgan fingerprint density at radius 1 is 0.957 bits per heavy atom. The van der Waals surface area contributed by atoms with Crippen molar-refractivity contribution in [3.63, 3.8) is 0 Å². The molecule has 0 aliphatic heterocycles. The van der Waals surface area contributed by atoms with Crippen LogP contribution in [0.15, 0.2) is 60.0 Å². The monoisotopic (exact) mass is 400 g/mol. The molecule has 1 heterocycles. The Balaban J connectivity index is 0.00000192. The molecule has 0 fully saturated rings. The van der Waals surface area contributed by atoms with E-state index in [1.807, 2.05) is 35.7 Å². The molecule has 0 amide bonds. The molecule has 1 N–H and O–H groups in total. The molecule has 0 aliphatic rings. The second kappa shape index (κ2) is 7.14. The third kappa shape index (κ3) is 4.33. The predicted molar refractivity (Wildman–Crippen MR) is 92.6 cm³/mol. The van der Waals surface area contributed by atoms with E-state index in [4.69, 9.17) is 0 Å². The number of halogens is 4. The minimum Gasteiger partial charge on any atom is -0.332 e. The van der Waals surface area contributed by atoms with Crippen LogP contribution >= 0.6 is 28.3 Å². The number of nitrogens with zero attached hydrogens (tertiary/aromatic N) is 1. The van der Waals surface area contributed by atoms with Crippen molar-refractivity contribution in [3.8, 4) is 11.3 Å². The highest BCUT2D eigenvalue weighted by atomic mass is 79.9. The van der Waals surface area contributed by atoms with Crippen LogP contribution in [-0.4, -0.2) is 4.98 Å². The Morgan fingerprint density at radius 2 is 1.70 bits per heavy atom. The molecule has 3 aromatic rings. The van der Waals surface area contributed by atoms with Crippen molar-refractivity contribution < 1.29 is 13.2 Å². The molecule has 0 bridgehead atoms. The Bertz CT molecular complexity index is 772. The molecule has 3 rings (SSSR count). The average Bonchev–Trinajstić information content (AvgIpc) is 2.96. The average molecular weight is 401 g/mol. The van der Waals surface area contributed by atoms with Crippen LogP contribution in [0, 0.1) is 0 Å². The summed E-state index contributed by atoms with van der Waals surface area (Å²) in [6, 6.07) is 14.7. The first-order valence-electron chi connectivity index (χ1n) is 6.47. The molecular weight excluding hydrogens is 389 g/mol. The van der Waals surface area contributed by atoms with Gasteiger partial charge in [-0.25, -0.2) is 4.98 Å². The highest BCUT2D eigenvalue weighted by Crippen LogP contribution is 2.32.